The van der Waals surface area contributed by atoms with Gasteiger partial charge in [-0.1, -0.05) is 6.42 Å². The molecule has 0 radical (unpaired) electrons. The number of carbonyl (C=O) groups is 1. The zero-order valence-corrected chi connectivity index (χ0v) is 13.3. The van der Waals surface area contributed by atoms with Gasteiger partial charge in [-0.25, -0.2) is 0 Å². The number of nitrogens with one attached hydrogen (secondary N) is 2. The molecule has 2 N–H and O–H groups in total. The molecule has 5 nitrogen and oxygen atoms in total. The first kappa shape index (κ1) is 17.4. The fourth-order valence-electron chi connectivity index (χ4n) is 2.51. The van der Waals surface area contributed by atoms with Gasteiger partial charge in [0.2, 0.25) is 5.91 Å². The molecule has 0 bridgehead atoms. The predicted octanol–water partition coefficient (Wildman–Crippen LogP) is 0.992. The first-order valence-corrected chi connectivity index (χ1v) is 7.89. The summed E-state index contributed by atoms with van der Waals surface area (Å²) in [6, 6.07) is 0.365. The van der Waals surface area contributed by atoms with Gasteiger partial charge in [0, 0.05) is 32.8 Å². The van der Waals surface area contributed by atoms with Crippen molar-refractivity contribution in [2.75, 3.05) is 39.9 Å². The predicted molar refractivity (Wildman–Crippen MR) is 81.9 cm³/mol. The van der Waals surface area contributed by atoms with Gasteiger partial charge in [-0.15, -0.1) is 0 Å². The highest BCUT2D eigenvalue weighted by Gasteiger charge is 2.18. The van der Waals surface area contributed by atoms with Gasteiger partial charge in [-0.3, -0.25) is 9.69 Å². The van der Waals surface area contributed by atoms with E-state index in [2.05, 4.69) is 22.5 Å². The van der Waals surface area contributed by atoms with Crippen molar-refractivity contribution < 1.29 is 9.53 Å². The molecule has 0 aromatic carbocycles. The average molecular weight is 285 g/mol. The third-order valence-electron chi connectivity index (χ3n) is 3.95. The van der Waals surface area contributed by atoms with Gasteiger partial charge in [-0.05, 0) is 46.2 Å². The maximum Gasteiger partial charge on any atom is 0.236 e. The summed E-state index contributed by atoms with van der Waals surface area (Å²) in [5.74, 6) is 0.0759. The highest BCUT2D eigenvalue weighted by molar-refractivity contribution is 5.81. The highest BCUT2D eigenvalue weighted by atomic mass is 16.5. The summed E-state index contributed by atoms with van der Waals surface area (Å²) in [6.07, 6.45) is 4.83. The number of nitrogens with zero attached hydrogens (tertiary/aromatic N) is 1. The van der Waals surface area contributed by atoms with E-state index in [0.717, 1.165) is 13.0 Å². The highest BCUT2D eigenvalue weighted by Crippen LogP contribution is 2.11. The molecule has 1 aliphatic heterocycles. The van der Waals surface area contributed by atoms with E-state index in [1.807, 2.05) is 6.92 Å². The second-order valence-electron chi connectivity index (χ2n) is 5.71. The van der Waals surface area contributed by atoms with E-state index < -0.39 is 0 Å². The maximum absolute atomic E-state index is 11.9. The van der Waals surface area contributed by atoms with E-state index in [1.165, 1.54) is 32.4 Å². The van der Waals surface area contributed by atoms with Crippen molar-refractivity contribution in [1.82, 2.24) is 15.5 Å². The lowest BCUT2D eigenvalue weighted by atomic mass is 10.1. The fraction of sp³-hybridized carbons (Fsp3) is 0.933. The topological polar surface area (TPSA) is 53.6 Å². The molecule has 118 valence electrons. The van der Waals surface area contributed by atoms with Gasteiger partial charge in [0.05, 0.1) is 6.04 Å². The Kier molecular flexibility index (Phi) is 8.82. The summed E-state index contributed by atoms with van der Waals surface area (Å²) >= 11 is 0. The van der Waals surface area contributed by atoms with Crippen LogP contribution in [0.1, 0.15) is 39.5 Å². The number of likely N-dealkylation sites (tertiary alicyclic amines) is 1. The van der Waals surface area contributed by atoms with Gasteiger partial charge < -0.3 is 15.4 Å². The Morgan fingerprint density at radius 1 is 1.25 bits per heavy atom. The minimum Gasteiger partial charge on any atom is -0.385 e. The number of methoxy groups -OCH3 is 1. The Labute approximate surface area is 123 Å². The molecule has 1 fully saturated rings. The Balaban J connectivity index is 2.14. The first-order valence-electron chi connectivity index (χ1n) is 7.89. The van der Waals surface area contributed by atoms with Crippen LogP contribution in [-0.2, 0) is 9.53 Å². The minimum absolute atomic E-state index is 0.0759. The normalized spacial score (nSPS) is 19.6. The molecule has 2 unspecified atom stereocenters. The van der Waals surface area contributed by atoms with Gasteiger partial charge >= 0.3 is 0 Å². The summed E-state index contributed by atoms with van der Waals surface area (Å²) < 4.78 is 4.96. The van der Waals surface area contributed by atoms with Crippen LogP contribution >= 0.6 is 0 Å². The van der Waals surface area contributed by atoms with E-state index >= 15 is 0 Å². The van der Waals surface area contributed by atoms with Crippen LogP contribution in [0.15, 0.2) is 0 Å². The summed E-state index contributed by atoms with van der Waals surface area (Å²) in [6.45, 7) is 8.79. The zero-order chi connectivity index (χ0) is 14.8. The van der Waals surface area contributed by atoms with E-state index in [4.69, 9.17) is 4.74 Å². The molecule has 1 rings (SSSR count). The summed E-state index contributed by atoms with van der Waals surface area (Å²) in [7, 11) is 1.67. The molecule has 1 aliphatic rings. The molecule has 1 amide bonds. The van der Waals surface area contributed by atoms with Gasteiger partial charge in [-0.2, -0.15) is 0 Å². The van der Waals surface area contributed by atoms with E-state index in [-0.39, 0.29) is 11.9 Å². The SMILES string of the molecule is COCCCNC(=O)C(C)NCC(C)N1CCCCC1. The molecule has 1 heterocycles. The Morgan fingerprint density at radius 2 is 1.95 bits per heavy atom. The standard InChI is InChI=1S/C15H31N3O2/c1-13(18-9-5-4-6-10-18)12-17-14(2)15(19)16-8-7-11-20-3/h13-14,17H,4-12H2,1-3H3,(H,16,19). The third-order valence-corrected chi connectivity index (χ3v) is 3.95. The largest absolute Gasteiger partial charge is 0.385 e. The van der Waals surface area contributed by atoms with E-state index in [1.54, 1.807) is 7.11 Å². The number of hydrogen-bond donors (Lipinski definition) is 2. The summed E-state index contributed by atoms with van der Waals surface area (Å²) in [5, 5.41) is 6.26. The van der Waals surface area contributed by atoms with Crippen molar-refractivity contribution in [1.29, 1.82) is 0 Å². The van der Waals surface area contributed by atoms with Gasteiger partial charge in [0.1, 0.15) is 0 Å². The van der Waals surface area contributed by atoms with Crippen LogP contribution in [0.4, 0.5) is 0 Å². The molecule has 1 saturated heterocycles. The zero-order valence-electron chi connectivity index (χ0n) is 13.3. The van der Waals surface area contributed by atoms with E-state index in [9.17, 15) is 4.79 Å². The number of hydrogen-bond acceptors (Lipinski definition) is 4. The van der Waals surface area contributed by atoms with Crippen molar-refractivity contribution in [2.45, 2.75) is 51.6 Å². The van der Waals surface area contributed by atoms with Gasteiger partial charge in [0.15, 0.2) is 0 Å². The Bertz CT molecular complexity index is 268. The molecule has 0 saturated carbocycles. The van der Waals surface area contributed by atoms with Crippen LogP contribution in [0, 0.1) is 0 Å². The lowest BCUT2D eigenvalue weighted by Gasteiger charge is -2.33. The van der Waals surface area contributed by atoms with Crippen molar-refractivity contribution in [3.8, 4) is 0 Å². The third kappa shape index (κ3) is 6.68. The van der Waals surface area contributed by atoms with Crippen LogP contribution in [0.3, 0.4) is 0 Å². The van der Waals surface area contributed by atoms with Crippen LogP contribution < -0.4 is 10.6 Å². The number of ether oxygens (including phenoxy) is 1. The van der Waals surface area contributed by atoms with Gasteiger partial charge in [0.25, 0.3) is 0 Å². The fourth-order valence-corrected chi connectivity index (χ4v) is 2.51. The molecule has 5 heteroatoms. The minimum atomic E-state index is -0.134. The molecule has 20 heavy (non-hydrogen) atoms. The lowest BCUT2D eigenvalue weighted by Crippen LogP contribution is -2.49. The van der Waals surface area contributed by atoms with Crippen molar-refractivity contribution in [3.05, 3.63) is 0 Å². The lowest BCUT2D eigenvalue weighted by molar-refractivity contribution is -0.122. The number of carbonyl (C=O) groups excluding carboxylic acids is 1. The quantitative estimate of drug-likeness (QED) is 0.620. The molecule has 2 atom stereocenters. The number of rotatable bonds is 9. The van der Waals surface area contributed by atoms with E-state index in [0.29, 0.717) is 19.2 Å². The summed E-state index contributed by atoms with van der Waals surface area (Å²) in [5.41, 5.74) is 0. The maximum atomic E-state index is 11.9. The number of amides is 1. The van der Waals surface area contributed by atoms with Crippen LogP contribution in [0.5, 0.6) is 0 Å². The van der Waals surface area contributed by atoms with Crippen LogP contribution in [-0.4, -0.2) is 62.8 Å². The second kappa shape index (κ2) is 10.1. The Morgan fingerprint density at radius 3 is 2.60 bits per heavy atom. The smallest absolute Gasteiger partial charge is 0.236 e. The molecule has 0 spiro atoms. The molecule has 0 aromatic heterocycles. The van der Waals surface area contributed by atoms with Crippen molar-refractivity contribution >= 4 is 5.91 Å². The first-order chi connectivity index (χ1) is 9.65. The molecular formula is C15H31N3O2. The van der Waals surface area contributed by atoms with Crippen molar-refractivity contribution in [2.24, 2.45) is 0 Å². The number of piperidine rings is 1. The monoisotopic (exact) mass is 285 g/mol. The second-order valence-corrected chi connectivity index (χ2v) is 5.71. The summed E-state index contributed by atoms with van der Waals surface area (Å²) in [4.78, 5) is 14.4. The Hall–Kier alpha value is -0.650. The van der Waals surface area contributed by atoms with Crippen LogP contribution in [0.2, 0.25) is 0 Å². The van der Waals surface area contributed by atoms with Crippen molar-refractivity contribution in [3.63, 3.8) is 0 Å². The molecular weight excluding hydrogens is 254 g/mol. The average Bonchev–Trinajstić information content (AvgIpc) is 2.49. The molecule has 0 aromatic rings. The van der Waals surface area contributed by atoms with Crippen LogP contribution in [0.25, 0.3) is 0 Å². The molecule has 0 aliphatic carbocycles.